The summed E-state index contributed by atoms with van der Waals surface area (Å²) >= 11 is 0. The van der Waals surface area contributed by atoms with Crippen molar-refractivity contribution in [3.05, 3.63) is 11.3 Å². The third-order valence-electron chi connectivity index (χ3n) is 10.7. The maximum absolute atomic E-state index is 6.68. The highest BCUT2D eigenvalue weighted by Crippen LogP contribution is 2.44. The number of hydrogen-bond donors (Lipinski definition) is 1. The van der Waals surface area contributed by atoms with Gasteiger partial charge in [-0.05, 0) is 94.4 Å². The van der Waals surface area contributed by atoms with E-state index in [1.54, 1.807) is 0 Å². The van der Waals surface area contributed by atoms with Crippen molar-refractivity contribution in [1.82, 2.24) is 20.2 Å². The number of rotatable bonds is 7. The number of aromatic nitrogens is 2. The maximum Gasteiger partial charge on any atom is 0.318 e. The normalized spacial score (nSPS) is 32.0. The zero-order valence-electron chi connectivity index (χ0n) is 23.9. The van der Waals surface area contributed by atoms with Crippen LogP contribution in [0.15, 0.2) is 0 Å². The summed E-state index contributed by atoms with van der Waals surface area (Å²) in [5, 5.41) is 3.77. The summed E-state index contributed by atoms with van der Waals surface area (Å²) in [6.07, 6.45) is 10.0. The predicted molar refractivity (Wildman–Crippen MR) is 151 cm³/mol. The molecule has 0 aromatic carbocycles. The molecule has 3 saturated heterocycles. The molecule has 4 fully saturated rings. The molecule has 1 aromatic rings. The molecule has 4 atom stereocenters. The lowest BCUT2D eigenvalue weighted by atomic mass is 9.95. The second-order valence-electron chi connectivity index (χ2n) is 14.2. The van der Waals surface area contributed by atoms with Crippen LogP contribution >= 0.6 is 0 Å². The minimum absolute atomic E-state index is 0.114. The topological polar surface area (TPSA) is 62.8 Å². The van der Waals surface area contributed by atoms with Crippen molar-refractivity contribution >= 4 is 14.1 Å². The Kier molecular flexibility index (Phi) is 6.86. The van der Waals surface area contributed by atoms with E-state index in [9.17, 15) is 0 Å². The Balaban J connectivity index is 1.16. The summed E-state index contributed by atoms with van der Waals surface area (Å²) < 4.78 is 13.2. The van der Waals surface area contributed by atoms with Gasteiger partial charge < -0.3 is 19.4 Å². The van der Waals surface area contributed by atoms with Crippen molar-refractivity contribution in [1.29, 1.82) is 0 Å². The largest absolute Gasteiger partial charge is 0.461 e. The van der Waals surface area contributed by atoms with Gasteiger partial charge in [0.2, 0.25) is 0 Å². The fraction of sp³-hybridized carbons (Fsp3) is 0.862. The lowest BCUT2D eigenvalue weighted by molar-refractivity contribution is 0.0660. The van der Waals surface area contributed by atoms with Gasteiger partial charge in [0.05, 0.1) is 11.2 Å². The van der Waals surface area contributed by atoms with Crippen LogP contribution < -0.4 is 15.0 Å². The van der Waals surface area contributed by atoms with Crippen LogP contribution in [0.3, 0.4) is 0 Å². The smallest absolute Gasteiger partial charge is 0.318 e. The van der Waals surface area contributed by atoms with Gasteiger partial charge in [0, 0.05) is 37.8 Å². The van der Waals surface area contributed by atoms with Crippen LogP contribution in [0.4, 0.5) is 5.82 Å². The van der Waals surface area contributed by atoms with E-state index < -0.39 is 8.32 Å². The van der Waals surface area contributed by atoms with Crippen LogP contribution in [0.1, 0.15) is 77.0 Å². The van der Waals surface area contributed by atoms with Gasteiger partial charge in [-0.25, -0.2) is 0 Å². The lowest BCUT2D eigenvalue weighted by Gasteiger charge is -2.39. The van der Waals surface area contributed by atoms with E-state index >= 15 is 0 Å². The van der Waals surface area contributed by atoms with Crippen LogP contribution in [-0.4, -0.2) is 74.2 Å². The first-order chi connectivity index (χ1) is 17.6. The minimum atomic E-state index is -1.74. The molecule has 5 aliphatic rings. The minimum Gasteiger partial charge on any atom is -0.461 e. The number of nitrogens with one attached hydrogen (secondary N) is 1. The molecule has 37 heavy (non-hydrogen) atoms. The summed E-state index contributed by atoms with van der Waals surface area (Å²) in [6, 6.07) is 1.10. The zero-order valence-corrected chi connectivity index (χ0v) is 24.9. The highest BCUT2D eigenvalue weighted by molar-refractivity contribution is 6.74. The van der Waals surface area contributed by atoms with Gasteiger partial charge in [0.15, 0.2) is 8.32 Å². The third kappa shape index (κ3) is 4.96. The molecule has 4 aliphatic heterocycles. The van der Waals surface area contributed by atoms with Gasteiger partial charge in [0.25, 0.3) is 0 Å². The quantitative estimate of drug-likeness (QED) is 0.513. The number of nitrogens with zero attached hydrogens (tertiary/aromatic N) is 4. The van der Waals surface area contributed by atoms with Crippen molar-refractivity contribution in [2.75, 3.05) is 44.3 Å². The number of piperidine rings is 1. The molecule has 1 N–H and O–H groups in total. The van der Waals surface area contributed by atoms with Gasteiger partial charge in [-0.3, -0.25) is 4.90 Å². The Morgan fingerprint density at radius 1 is 1.08 bits per heavy atom. The fourth-order valence-electron chi connectivity index (χ4n) is 7.53. The van der Waals surface area contributed by atoms with Gasteiger partial charge in [-0.1, -0.05) is 20.8 Å². The van der Waals surface area contributed by atoms with Crippen molar-refractivity contribution in [2.45, 2.75) is 108 Å². The molecule has 206 valence electrons. The van der Waals surface area contributed by atoms with Crippen LogP contribution in [0, 0.1) is 11.8 Å². The number of ether oxygens (including phenoxy) is 1. The first kappa shape index (κ1) is 26.0. The van der Waals surface area contributed by atoms with Crippen LogP contribution in [0.25, 0.3) is 0 Å². The second kappa shape index (κ2) is 9.75. The molecule has 6 rings (SSSR count). The van der Waals surface area contributed by atoms with Crippen LogP contribution in [-0.2, 0) is 17.4 Å². The summed E-state index contributed by atoms with van der Waals surface area (Å²) in [5.41, 5.74) is 2.62. The Bertz CT molecular complexity index is 985. The Labute approximate surface area is 225 Å². The summed E-state index contributed by atoms with van der Waals surface area (Å²) in [5.74, 6) is 2.85. The molecule has 1 saturated carbocycles. The zero-order chi connectivity index (χ0) is 25.8. The fourth-order valence-corrected chi connectivity index (χ4v) is 8.58. The summed E-state index contributed by atoms with van der Waals surface area (Å²) in [4.78, 5) is 15.4. The monoisotopic (exact) mass is 527 g/mol. The number of hydrogen-bond acceptors (Lipinski definition) is 7. The Morgan fingerprint density at radius 2 is 1.86 bits per heavy atom. The van der Waals surface area contributed by atoms with Gasteiger partial charge >= 0.3 is 6.01 Å². The molecule has 2 bridgehead atoms. The number of fused-ring (bicyclic) bond motifs is 4. The standard InChI is InChI=1S/C29H49N5O2Si/c1-28(2,3)37(4,5)36-19-23-9-12-29(11-6-14-34(23)29)20-35-27-31-25-16-30-13-10-24(25)26(32-27)33-17-21-7-8-22(15-21)18-33/h21-23,30H,6-20H2,1-5H3/t21?,22?,23-,29-/m1/s1. The Hall–Kier alpha value is -1.22. The molecule has 5 heterocycles. The Morgan fingerprint density at radius 3 is 2.62 bits per heavy atom. The van der Waals surface area contributed by atoms with Gasteiger partial charge in [-0.15, -0.1) is 0 Å². The van der Waals surface area contributed by atoms with Gasteiger partial charge in [-0.2, -0.15) is 9.97 Å². The van der Waals surface area contributed by atoms with E-state index in [4.69, 9.17) is 19.1 Å². The third-order valence-corrected chi connectivity index (χ3v) is 15.2. The highest BCUT2D eigenvalue weighted by atomic mass is 28.4. The maximum atomic E-state index is 6.68. The average molecular weight is 528 g/mol. The summed E-state index contributed by atoms with van der Waals surface area (Å²) in [7, 11) is -1.74. The molecule has 8 heteroatoms. The molecular weight excluding hydrogens is 478 g/mol. The molecule has 1 aromatic heterocycles. The number of anilines is 1. The van der Waals surface area contributed by atoms with E-state index in [2.05, 4.69) is 49.0 Å². The molecule has 1 aliphatic carbocycles. The molecule has 2 unspecified atom stereocenters. The van der Waals surface area contributed by atoms with Crippen LogP contribution in [0.5, 0.6) is 6.01 Å². The summed E-state index contributed by atoms with van der Waals surface area (Å²) in [6.45, 7) is 18.6. The molecule has 0 radical (unpaired) electrons. The van der Waals surface area contributed by atoms with Crippen molar-refractivity contribution in [3.8, 4) is 6.01 Å². The average Bonchev–Trinajstić information content (AvgIpc) is 3.53. The molecule has 0 spiro atoms. The SMILES string of the molecule is CC(C)(C)[Si](C)(C)OC[C@H]1CC[C@@]2(COc3nc4c(c(N5CC6CCC(C6)C5)n3)CCNC4)CCCN12. The van der Waals surface area contributed by atoms with Crippen LogP contribution in [0.2, 0.25) is 18.1 Å². The van der Waals surface area contributed by atoms with E-state index in [0.29, 0.717) is 18.7 Å². The van der Waals surface area contributed by atoms with Crippen molar-refractivity contribution < 1.29 is 9.16 Å². The van der Waals surface area contributed by atoms with Gasteiger partial charge in [0.1, 0.15) is 12.4 Å². The molecule has 0 amide bonds. The van der Waals surface area contributed by atoms with E-state index in [0.717, 1.165) is 63.3 Å². The van der Waals surface area contributed by atoms with E-state index in [-0.39, 0.29) is 10.6 Å². The first-order valence-electron chi connectivity index (χ1n) is 15.0. The first-order valence-corrected chi connectivity index (χ1v) is 17.9. The van der Waals surface area contributed by atoms with E-state index in [1.807, 2.05) is 0 Å². The molecular formula is C29H49N5O2Si. The van der Waals surface area contributed by atoms with E-state index in [1.165, 1.54) is 56.3 Å². The molecule has 7 nitrogen and oxygen atoms in total. The highest BCUT2D eigenvalue weighted by Gasteiger charge is 2.50. The predicted octanol–water partition coefficient (Wildman–Crippen LogP) is 4.76. The lowest BCUT2D eigenvalue weighted by Crippen LogP contribution is -2.50. The van der Waals surface area contributed by atoms with Crippen molar-refractivity contribution in [2.24, 2.45) is 11.8 Å². The second-order valence-corrected chi connectivity index (χ2v) is 19.0. The van der Waals surface area contributed by atoms with Crippen molar-refractivity contribution in [3.63, 3.8) is 0 Å².